The molecule has 1 aromatic rings. The number of anilines is 1. The van der Waals surface area contributed by atoms with Gasteiger partial charge in [0.2, 0.25) is 0 Å². The third-order valence-corrected chi connectivity index (χ3v) is 5.21. The SMILES string of the molecule is O=C(C[NH+]1CC[C@H]2CCCC[C@@H]2C1)Nc1ccc(F)c(F)c1F. The van der Waals surface area contributed by atoms with E-state index in [4.69, 9.17) is 0 Å². The van der Waals surface area contributed by atoms with Crippen LogP contribution in [0.15, 0.2) is 12.1 Å². The number of amides is 1. The Morgan fingerprint density at radius 3 is 2.61 bits per heavy atom. The third kappa shape index (κ3) is 3.68. The van der Waals surface area contributed by atoms with Gasteiger partial charge in [0.15, 0.2) is 24.0 Å². The summed E-state index contributed by atoms with van der Waals surface area (Å²) >= 11 is 0. The molecule has 2 N–H and O–H groups in total. The van der Waals surface area contributed by atoms with Gasteiger partial charge in [-0.3, -0.25) is 4.79 Å². The molecule has 3 atom stereocenters. The van der Waals surface area contributed by atoms with Gasteiger partial charge in [0, 0.05) is 5.92 Å². The highest BCUT2D eigenvalue weighted by Gasteiger charge is 2.34. The molecule has 23 heavy (non-hydrogen) atoms. The van der Waals surface area contributed by atoms with Gasteiger partial charge in [-0.1, -0.05) is 12.8 Å². The van der Waals surface area contributed by atoms with Crippen LogP contribution in [-0.2, 0) is 4.79 Å². The lowest BCUT2D eigenvalue weighted by Crippen LogP contribution is -3.15. The number of halogens is 3. The van der Waals surface area contributed by atoms with Crippen molar-refractivity contribution < 1.29 is 22.9 Å². The molecule has 0 radical (unpaired) electrons. The molecule has 1 unspecified atom stereocenters. The van der Waals surface area contributed by atoms with E-state index in [1.54, 1.807) is 0 Å². The molecule has 2 aliphatic rings. The first-order valence-corrected chi connectivity index (χ1v) is 8.31. The largest absolute Gasteiger partial charge is 0.327 e. The highest BCUT2D eigenvalue weighted by Crippen LogP contribution is 2.32. The van der Waals surface area contributed by atoms with E-state index in [1.165, 1.54) is 30.6 Å². The number of carbonyl (C=O) groups is 1. The summed E-state index contributed by atoms with van der Waals surface area (Å²) in [5.74, 6) is -3.05. The number of hydrogen-bond acceptors (Lipinski definition) is 1. The van der Waals surface area contributed by atoms with Crippen molar-refractivity contribution in [1.82, 2.24) is 0 Å². The number of likely N-dealkylation sites (tertiary alicyclic amines) is 1. The van der Waals surface area contributed by atoms with Crippen molar-refractivity contribution in [2.45, 2.75) is 32.1 Å². The fourth-order valence-corrected chi connectivity index (χ4v) is 4.00. The molecule has 0 bridgehead atoms. The molecule has 2 fully saturated rings. The summed E-state index contributed by atoms with van der Waals surface area (Å²) in [6.45, 7) is 2.15. The summed E-state index contributed by atoms with van der Waals surface area (Å²) in [7, 11) is 0. The lowest BCUT2D eigenvalue weighted by atomic mass is 9.75. The molecule has 1 heterocycles. The number of hydrogen-bond donors (Lipinski definition) is 2. The van der Waals surface area contributed by atoms with Crippen LogP contribution in [0.3, 0.4) is 0 Å². The zero-order chi connectivity index (χ0) is 16.4. The first-order valence-electron chi connectivity index (χ1n) is 8.31. The van der Waals surface area contributed by atoms with Crippen molar-refractivity contribution >= 4 is 11.6 Å². The second-order valence-corrected chi connectivity index (χ2v) is 6.75. The summed E-state index contributed by atoms with van der Waals surface area (Å²) in [6.07, 6.45) is 6.23. The summed E-state index contributed by atoms with van der Waals surface area (Å²) < 4.78 is 39.7. The molecule has 1 aromatic carbocycles. The lowest BCUT2D eigenvalue weighted by molar-refractivity contribution is -0.902. The standard InChI is InChI=1S/C17H21F3N2O/c18-13-5-6-14(17(20)16(13)19)21-15(23)10-22-8-7-11-3-1-2-4-12(11)9-22/h5-6,11-12H,1-4,7-10H2,(H,21,23)/p+1/t11-,12-/m1/s1. The smallest absolute Gasteiger partial charge is 0.279 e. The van der Waals surface area contributed by atoms with E-state index in [9.17, 15) is 18.0 Å². The fourth-order valence-electron chi connectivity index (χ4n) is 4.00. The van der Waals surface area contributed by atoms with Crippen LogP contribution in [0.4, 0.5) is 18.9 Å². The Morgan fingerprint density at radius 2 is 1.83 bits per heavy atom. The van der Waals surface area contributed by atoms with E-state index >= 15 is 0 Å². The van der Waals surface area contributed by atoms with Crippen LogP contribution >= 0.6 is 0 Å². The maximum absolute atomic E-state index is 13.6. The van der Waals surface area contributed by atoms with Gasteiger partial charge in [0.25, 0.3) is 5.91 Å². The van der Waals surface area contributed by atoms with Crippen molar-refractivity contribution in [2.75, 3.05) is 25.0 Å². The maximum Gasteiger partial charge on any atom is 0.279 e. The quantitative estimate of drug-likeness (QED) is 0.820. The average Bonchev–Trinajstić information content (AvgIpc) is 2.55. The maximum atomic E-state index is 13.6. The van der Waals surface area contributed by atoms with E-state index in [-0.39, 0.29) is 18.1 Å². The molecule has 1 amide bonds. The van der Waals surface area contributed by atoms with Crippen LogP contribution in [0.5, 0.6) is 0 Å². The molecular weight excluding hydrogens is 305 g/mol. The Hall–Kier alpha value is -1.56. The minimum absolute atomic E-state index is 0.238. The average molecular weight is 327 g/mol. The second-order valence-electron chi connectivity index (χ2n) is 6.75. The molecule has 6 heteroatoms. The summed E-state index contributed by atoms with van der Waals surface area (Å²) in [6, 6.07) is 1.86. The topological polar surface area (TPSA) is 33.5 Å². The Labute approximate surface area is 133 Å². The molecule has 1 aliphatic heterocycles. The van der Waals surface area contributed by atoms with Crippen LogP contribution in [0.2, 0.25) is 0 Å². The van der Waals surface area contributed by atoms with Gasteiger partial charge in [-0.25, -0.2) is 13.2 Å². The predicted molar refractivity (Wildman–Crippen MR) is 80.6 cm³/mol. The first kappa shape index (κ1) is 16.3. The number of benzene rings is 1. The van der Waals surface area contributed by atoms with Gasteiger partial charge in [0.1, 0.15) is 0 Å². The lowest BCUT2D eigenvalue weighted by Gasteiger charge is -2.38. The van der Waals surface area contributed by atoms with E-state index in [0.29, 0.717) is 5.92 Å². The van der Waals surface area contributed by atoms with Gasteiger partial charge in [0.05, 0.1) is 18.8 Å². The molecule has 0 aromatic heterocycles. The summed E-state index contributed by atoms with van der Waals surface area (Å²) in [4.78, 5) is 13.3. The highest BCUT2D eigenvalue weighted by molar-refractivity contribution is 5.91. The third-order valence-electron chi connectivity index (χ3n) is 5.21. The predicted octanol–water partition coefficient (Wildman–Crippen LogP) is 2.14. The molecule has 3 nitrogen and oxygen atoms in total. The zero-order valence-electron chi connectivity index (χ0n) is 13.0. The van der Waals surface area contributed by atoms with E-state index in [1.807, 2.05) is 0 Å². The van der Waals surface area contributed by atoms with Crippen molar-refractivity contribution in [1.29, 1.82) is 0 Å². The summed E-state index contributed by atoms with van der Waals surface area (Å²) in [5.41, 5.74) is -0.305. The molecule has 1 saturated heterocycles. The van der Waals surface area contributed by atoms with Gasteiger partial charge in [-0.2, -0.15) is 0 Å². The Kier molecular flexibility index (Phi) is 4.90. The molecule has 0 spiro atoms. The van der Waals surface area contributed by atoms with Crippen LogP contribution < -0.4 is 10.2 Å². The number of piperidine rings is 1. The van der Waals surface area contributed by atoms with Crippen molar-refractivity contribution in [3.63, 3.8) is 0 Å². The van der Waals surface area contributed by atoms with Crippen molar-refractivity contribution in [3.05, 3.63) is 29.6 Å². The fraction of sp³-hybridized carbons (Fsp3) is 0.588. The number of quaternary nitrogens is 1. The van der Waals surface area contributed by atoms with Crippen molar-refractivity contribution in [3.8, 4) is 0 Å². The van der Waals surface area contributed by atoms with Gasteiger partial charge in [-0.15, -0.1) is 0 Å². The van der Waals surface area contributed by atoms with Crippen LogP contribution in [-0.4, -0.2) is 25.5 Å². The Balaban J connectivity index is 1.56. The van der Waals surface area contributed by atoms with E-state index in [2.05, 4.69) is 5.32 Å². The number of nitrogens with one attached hydrogen (secondary N) is 2. The van der Waals surface area contributed by atoms with Crippen LogP contribution in [0.1, 0.15) is 32.1 Å². The van der Waals surface area contributed by atoms with E-state index < -0.39 is 17.5 Å². The van der Waals surface area contributed by atoms with E-state index in [0.717, 1.165) is 37.6 Å². The number of rotatable bonds is 3. The molecule has 3 rings (SSSR count). The monoisotopic (exact) mass is 327 g/mol. The normalized spacial score (nSPS) is 27.3. The summed E-state index contributed by atoms with van der Waals surface area (Å²) in [5, 5.41) is 2.36. The highest BCUT2D eigenvalue weighted by atomic mass is 19.2. The minimum Gasteiger partial charge on any atom is -0.327 e. The molecular formula is C17H22F3N2O+. The van der Waals surface area contributed by atoms with Crippen LogP contribution in [0, 0.1) is 29.3 Å². The minimum atomic E-state index is -1.56. The van der Waals surface area contributed by atoms with Crippen molar-refractivity contribution in [2.24, 2.45) is 11.8 Å². The second kappa shape index (κ2) is 6.91. The Bertz CT molecular complexity index is 593. The molecule has 1 saturated carbocycles. The van der Waals surface area contributed by atoms with Gasteiger partial charge >= 0.3 is 0 Å². The zero-order valence-corrected chi connectivity index (χ0v) is 13.0. The Morgan fingerprint density at radius 1 is 1.09 bits per heavy atom. The first-order chi connectivity index (χ1) is 11.0. The molecule has 1 aliphatic carbocycles. The van der Waals surface area contributed by atoms with Crippen LogP contribution in [0.25, 0.3) is 0 Å². The number of carbonyl (C=O) groups excluding carboxylic acids is 1. The van der Waals surface area contributed by atoms with Gasteiger partial charge in [-0.05, 0) is 37.3 Å². The number of fused-ring (bicyclic) bond motifs is 1. The molecule has 126 valence electrons. The van der Waals surface area contributed by atoms with Gasteiger partial charge < -0.3 is 10.2 Å².